The Kier molecular flexibility index (Phi) is 4.68. The third-order valence-electron chi connectivity index (χ3n) is 2.77. The molecular weight excluding hydrogens is 256 g/mol. The lowest BCUT2D eigenvalue weighted by molar-refractivity contribution is 0.0600. The number of carbonyl (C=O) groups excluding carboxylic acids is 1. The maximum Gasteiger partial charge on any atom is 0.339 e. The predicted molar refractivity (Wildman–Crippen MR) is 74.2 cm³/mol. The summed E-state index contributed by atoms with van der Waals surface area (Å²) in [4.78, 5) is 15.4. The summed E-state index contributed by atoms with van der Waals surface area (Å²) in [5.41, 5.74) is 7.73. The topological polar surface area (TPSA) is 74.4 Å². The van der Waals surface area contributed by atoms with E-state index < -0.39 is 5.97 Å². The van der Waals surface area contributed by atoms with Gasteiger partial charge in [-0.3, -0.25) is 4.98 Å². The first-order chi connectivity index (χ1) is 9.72. The van der Waals surface area contributed by atoms with Crippen LogP contribution in [0.25, 0.3) is 0 Å². The molecule has 0 saturated carbocycles. The number of carbonyl (C=O) groups is 1. The average Bonchev–Trinajstić information content (AvgIpc) is 2.53. The first kappa shape index (κ1) is 14.0. The lowest BCUT2D eigenvalue weighted by Crippen LogP contribution is -2.04. The largest absolute Gasteiger partial charge is 0.487 e. The van der Waals surface area contributed by atoms with Gasteiger partial charge in [-0.05, 0) is 29.8 Å². The molecule has 2 aromatic rings. The second kappa shape index (κ2) is 6.68. The first-order valence-electron chi connectivity index (χ1n) is 6.18. The van der Waals surface area contributed by atoms with E-state index in [1.165, 1.54) is 13.3 Å². The van der Waals surface area contributed by atoms with Gasteiger partial charge in [-0.2, -0.15) is 0 Å². The maximum absolute atomic E-state index is 11.3. The number of hydrogen-bond donors (Lipinski definition) is 1. The molecule has 1 heterocycles. The highest BCUT2D eigenvalue weighted by Crippen LogP contribution is 2.14. The van der Waals surface area contributed by atoms with Crippen LogP contribution in [0.2, 0.25) is 0 Å². The normalized spacial score (nSPS) is 10.1. The number of benzene rings is 1. The van der Waals surface area contributed by atoms with Gasteiger partial charge in [-0.25, -0.2) is 4.79 Å². The number of esters is 1. The van der Waals surface area contributed by atoms with Crippen molar-refractivity contribution in [2.24, 2.45) is 5.73 Å². The fourth-order valence-corrected chi connectivity index (χ4v) is 1.67. The molecule has 5 heteroatoms. The van der Waals surface area contributed by atoms with Gasteiger partial charge in [-0.15, -0.1) is 0 Å². The molecular formula is C15H16N2O3. The summed E-state index contributed by atoms with van der Waals surface area (Å²) in [6.07, 6.45) is 1.47. The Morgan fingerprint density at radius 1 is 1.30 bits per heavy atom. The van der Waals surface area contributed by atoms with Crippen LogP contribution in [0.15, 0.2) is 42.6 Å². The Morgan fingerprint density at radius 2 is 2.15 bits per heavy atom. The van der Waals surface area contributed by atoms with Gasteiger partial charge >= 0.3 is 5.97 Å². The third-order valence-corrected chi connectivity index (χ3v) is 2.77. The average molecular weight is 272 g/mol. The highest BCUT2D eigenvalue weighted by atomic mass is 16.5. The van der Waals surface area contributed by atoms with E-state index in [1.54, 1.807) is 12.1 Å². The maximum atomic E-state index is 11.3. The van der Waals surface area contributed by atoms with Gasteiger partial charge in [0.15, 0.2) is 0 Å². The number of pyridine rings is 1. The Balaban J connectivity index is 1.98. The molecule has 0 amide bonds. The van der Waals surface area contributed by atoms with Crippen LogP contribution in [0.5, 0.6) is 5.75 Å². The zero-order valence-electron chi connectivity index (χ0n) is 11.2. The smallest absolute Gasteiger partial charge is 0.339 e. The first-order valence-corrected chi connectivity index (χ1v) is 6.18. The highest BCUT2D eigenvalue weighted by molar-refractivity contribution is 5.88. The second-order valence-corrected chi connectivity index (χ2v) is 4.17. The van der Waals surface area contributed by atoms with Crippen molar-refractivity contribution in [1.29, 1.82) is 0 Å². The van der Waals surface area contributed by atoms with Gasteiger partial charge < -0.3 is 15.2 Å². The molecule has 0 aliphatic rings. The van der Waals surface area contributed by atoms with Crippen LogP contribution in [-0.2, 0) is 17.9 Å². The molecule has 0 fully saturated rings. The van der Waals surface area contributed by atoms with Crippen LogP contribution in [-0.4, -0.2) is 18.1 Å². The predicted octanol–water partition coefficient (Wildman–Crippen LogP) is 1.91. The minimum absolute atomic E-state index is 0.329. The Morgan fingerprint density at radius 3 is 2.80 bits per heavy atom. The molecule has 5 nitrogen and oxygen atoms in total. The molecule has 0 unspecified atom stereocenters. The zero-order chi connectivity index (χ0) is 14.4. The van der Waals surface area contributed by atoms with E-state index in [4.69, 9.17) is 10.5 Å². The number of rotatable bonds is 5. The van der Waals surface area contributed by atoms with Crippen molar-refractivity contribution in [2.45, 2.75) is 13.2 Å². The van der Waals surface area contributed by atoms with Crippen LogP contribution >= 0.6 is 0 Å². The Bertz CT molecular complexity index is 582. The third kappa shape index (κ3) is 3.55. The molecule has 2 rings (SSSR count). The summed E-state index contributed by atoms with van der Waals surface area (Å²) in [5, 5.41) is 0. The molecule has 2 N–H and O–H groups in total. The van der Waals surface area contributed by atoms with Crippen molar-refractivity contribution in [3.05, 3.63) is 59.4 Å². The molecule has 1 aromatic heterocycles. The van der Waals surface area contributed by atoms with Gasteiger partial charge in [0.2, 0.25) is 0 Å². The van der Waals surface area contributed by atoms with Crippen LogP contribution < -0.4 is 10.5 Å². The van der Waals surface area contributed by atoms with Gasteiger partial charge in [-0.1, -0.05) is 12.1 Å². The van der Waals surface area contributed by atoms with Crippen molar-refractivity contribution in [3.63, 3.8) is 0 Å². The molecule has 20 heavy (non-hydrogen) atoms. The van der Waals surface area contributed by atoms with E-state index in [9.17, 15) is 4.79 Å². The SMILES string of the molecule is COC(=O)c1ccc(COc2cccc(CN)c2)nc1. The molecule has 0 bridgehead atoms. The van der Waals surface area contributed by atoms with Crippen molar-refractivity contribution >= 4 is 5.97 Å². The van der Waals surface area contributed by atoms with Gasteiger partial charge in [0.05, 0.1) is 18.4 Å². The molecule has 0 aliphatic heterocycles. The van der Waals surface area contributed by atoms with Crippen molar-refractivity contribution < 1.29 is 14.3 Å². The monoisotopic (exact) mass is 272 g/mol. The van der Waals surface area contributed by atoms with E-state index in [0.717, 1.165) is 17.0 Å². The Hall–Kier alpha value is -2.40. The molecule has 0 radical (unpaired) electrons. The van der Waals surface area contributed by atoms with Gasteiger partial charge in [0, 0.05) is 12.7 Å². The number of nitrogens with two attached hydrogens (primary N) is 1. The second-order valence-electron chi connectivity index (χ2n) is 4.17. The summed E-state index contributed by atoms with van der Waals surface area (Å²) < 4.78 is 10.2. The lowest BCUT2D eigenvalue weighted by Gasteiger charge is -2.07. The Labute approximate surface area is 117 Å². The van der Waals surface area contributed by atoms with Crippen LogP contribution in [0, 0.1) is 0 Å². The fraction of sp³-hybridized carbons (Fsp3) is 0.200. The quantitative estimate of drug-likeness (QED) is 0.841. The van der Waals surface area contributed by atoms with Crippen LogP contribution in [0.4, 0.5) is 0 Å². The van der Waals surface area contributed by atoms with E-state index >= 15 is 0 Å². The summed E-state index contributed by atoms with van der Waals surface area (Å²) >= 11 is 0. The van der Waals surface area contributed by atoms with Gasteiger partial charge in [0.25, 0.3) is 0 Å². The van der Waals surface area contributed by atoms with E-state index in [-0.39, 0.29) is 0 Å². The molecule has 0 spiro atoms. The fourth-order valence-electron chi connectivity index (χ4n) is 1.67. The number of aromatic nitrogens is 1. The summed E-state index contributed by atoms with van der Waals surface area (Å²) in [5.74, 6) is 0.340. The highest BCUT2D eigenvalue weighted by Gasteiger charge is 2.05. The van der Waals surface area contributed by atoms with Crippen molar-refractivity contribution in [1.82, 2.24) is 4.98 Å². The molecule has 0 saturated heterocycles. The molecule has 0 atom stereocenters. The summed E-state index contributed by atoms with van der Waals surface area (Å²) in [7, 11) is 1.34. The van der Waals surface area contributed by atoms with Crippen LogP contribution in [0.3, 0.4) is 0 Å². The number of ether oxygens (including phenoxy) is 2. The van der Waals surface area contributed by atoms with Gasteiger partial charge in [0.1, 0.15) is 12.4 Å². The standard InChI is InChI=1S/C15H16N2O3/c1-19-15(18)12-5-6-13(17-9-12)10-20-14-4-2-3-11(7-14)8-16/h2-7,9H,8,10,16H2,1H3. The molecule has 104 valence electrons. The summed E-state index contributed by atoms with van der Waals surface area (Å²) in [6.45, 7) is 0.804. The minimum Gasteiger partial charge on any atom is -0.487 e. The summed E-state index contributed by atoms with van der Waals surface area (Å²) in [6, 6.07) is 11.0. The lowest BCUT2D eigenvalue weighted by atomic mass is 10.2. The zero-order valence-corrected chi connectivity index (χ0v) is 11.2. The number of methoxy groups -OCH3 is 1. The molecule has 1 aromatic carbocycles. The number of nitrogens with zero attached hydrogens (tertiary/aromatic N) is 1. The van der Waals surface area contributed by atoms with E-state index in [0.29, 0.717) is 18.7 Å². The van der Waals surface area contributed by atoms with Crippen molar-refractivity contribution in [3.8, 4) is 5.75 Å². The van der Waals surface area contributed by atoms with Crippen molar-refractivity contribution in [2.75, 3.05) is 7.11 Å². The minimum atomic E-state index is -0.402. The molecule has 0 aliphatic carbocycles. The van der Waals surface area contributed by atoms with E-state index in [2.05, 4.69) is 9.72 Å². The number of hydrogen-bond acceptors (Lipinski definition) is 5. The van der Waals surface area contributed by atoms with E-state index in [1.807, 2.05) is 24.3 Å². The van der Waals surface area contributed by atoms with Crippen LogP contribution in [0.1, 0.15) is 21.6 Å².